The van der Waals surface area contributed by atoms with E-state index in [0.717, 1.165) is 17.0 Å². The summed E-state index contributed by atoms with van der Waals surface area (Å²) in [6.45, 7) is 2.65. The summed E-state index contributed by atoms with van der Waals surface area (Å²) in [5.74, 6) is -0.752. The van der Waals surface area contributed by atoms with Crippen molar-refractivity contribution in [3.05, 3.63) is 45.1 Å². The van der Waals surface area contributed by atoms with Gasteiger partial charge < -0.3 is 19.7 Å². The Morgan fingerprint density at radius 3 is 2.64 bits per heavy atom. The fourth-order valence-electron chi connectivity index (χ4n) is 2.58. The molecule has 2 heterocycles. The highest BCUT2D eigenvalue weighted by Crippen LogP contribution is 2.35. The maximum Gasteiger partial charge on any atom is 0.348 e. The van der Waals surface area contributed by atoms with Crippen LogP contribution >= 0.6 is 22.9 Å². The average Bonchev–Trinajstić information content (AvgIpc) is 3.12. The SMILES string of the molecule is COC(=O)c1ccc(C(=O)Nc2cccc(Cl)c2N2CCOCC2)s1. The summed E-state index contributed by atoms with van der Waals surface area (Å²) in [4.78, 5) is 27.0. The van der Waals surface area contributed by atoms with Crippen LogP contribution in [0.2, 0.25) is 5.02 Å². The summed E-state index contributed by atoms with van der Waals surface area (Å²) >= 11 is 7.45. The molecule has 8 heteroatoms. The first-order valence-corrected chi connectivity index (χ1v) is 8.90. The highest BCUT2D eigenvalue weighted by atomic mass is 35.5. The van der Waals surface area contributed by atoms with Gasteiger partial charge in [0.2, 0.25) is 0 Å². The van der Waals surface area contributed by atoms with Crippen molar-refractivity contribution in [1.29, 1.82) is 0 Å². The third-order valence-electron chi connectivity index (χ3n) is 3.78. The van der Waals surface area contributed by atoms with Gasteiger partial charge in [-0.1, -0.05) is 17.7 Å². The largest absolute Gasteiger partial charge is 0.465 e. The number of thiophene rings is 1. The number of hydrogen-bond donors (Lipinski definition) is 1. The molecule has 0 aliphatic carbocycles. The number of methoxy groups -OCH3 is 1. The topological polar surface area (TPSA) is 67.9 Å². The number of ether oxygens (including phenoxy) is 2. The lowest BCUT2D eigenvalue weighted by molar-refractivity contribution is 0.0606. The minimum atomic E-state index is -0.458. The number of anilines is 2. The molecule has 1 saturated heterocycles. The van der Waals surface area contributed by atoms with Crippen LogP contribution in [0.5, 0.6) is 0 Å². The maximum atomic E-state index is 12.5. The van der Waals surface area contributed by atoms with Crippen LogP contribution in [0.15, 0.2) is 30.3 Å². The Balaban J connectivity index is 1.82. The van der Waals surface area contributed by atoms with Crippen molar-refractivity contribution < 1.29 is 19.1 Å². The Bertz CT molecular complexity index is 787. The molecule has 1 fully saturated rings. The second-order valence-corrected chi connectivity index (χ2v) is 6.84. The summed E-state index contributed by atoms with van der Waals surface area (Å²) in [6.07, 6.45) is 0. The van der Waals surface area contributed by atoms with Crippen molar-refractivity contribution in [2.45, 2.75) is 0 Å². The monoisotopic (exact) mass is 380 g/mol. The molecule has 1 aromatic heterocycles. The molecular weight excluding hydrogens is 364 g/mol. The van der Waals surface area contributed by atoms with Gasteiger partial charge >= 0.3 is 5.97 Å². The van der Waals surface area contributed by atoms with Gasteiger partial charge in [-0.25, -0.2) is 4.79 Å². The third kappa shape index (κ3) is 3.95. The molecular formula is C17H17ClN2O4S. The van der Waals surface area contributed by atoms with Gasteiger partial charge in [0.05, 0.1) is 41.6 Å². The van der Waals surface area contributed by atoms with E-state index in [-0.39, 0.29) is 5.91 Å². The number of amides is 1. The molecule has 1 N–H and O–H groups in total. The van der Waals surface area contributed by atoms with E-state index >= 15 is 0 Å². The summed E-state index contributed by atoms with van der Waals surface area (Å²) < 4.78 is 10.0. The number of benzene rings is 1. The lowest BCUT2D eigenvalue weighted by Crippen LogP contribution is -2.37. The zero-order chi connectivity index (χ0) is 17.8. The van der Waals surface area contributed by atoms with Gasteiger partial charge in [0.15, 0.2) is 0 Å². The Morgan fingerprint density at radius 2 is 1.92 bits per heavy atom. The van der Waals surface area contributed by atoms with Crippen molar-refractivity contribution in [2.24, 2.45) is 0 Å². The van der Waals surface area contributed by atoms with Gasteiger partial charge in [0.1, 0.15) is 4.88 Å². The van der Waals surface area contributed by atoms with Crippen LogP contribution in [0, 0.1) is 0 Å². The van der Waals surface area contributed by atoms with E-state index < -0.39 is 5.97 Å². The van der Waals surface area contributed by atoms with Crippen LogP contribution in [0.4, 0.5) is 11.4 Å². The van der Waals surface area contributed by atoms with Crippen molar-refractivity contribution in [3.63, 3.8) is 0 Å². The van der Waals surface area contributed by atoms with Gasteiger partial charge in [-0.05, 0) is 24.3 Å². The predicted molar refractivity (Wildman–Crippen MR) is 98.1 cm³/mol. The zero-order valence-electron chi connectivity index (χ0n) is 13.6. The van der Waals surface area contributed by atoms with Gasteiger partial charge in [-0.15, -0.1) is 11.3 Å². The van der Waals surface area contributed by atoms with E-state index in [9.17, 15) is 9.59 Å². The van der Waals surface area contributed by atoms with Crippen LogP contribution in [0.1, 0.15) is 19.3 Å². The van der Waals surface area contributed by atoms with Crippen LogP contribution in [0.3, 0.4) is 0 Å². The number of hydrogen-bond acceptors (Lipinski definition) is 6. The molecule has 1 aliphatic rings. The van der Waals surface area contributed by atoms with Crippen molar-refractivity contribution >= 4 is 46.2 Å². The first kappa shape index (κ1) is 17.7. The lowest BCUT2D eigenvalue weighted by Gasteiger charge is -2.31. The van der Waals surface area contributed by atoms with Crippen LogP contribution in [-0.2, 0) is 9.47 Å². The van der Waals surface area contributed by atoms with Crippen molar-refractivity contribution in [3.8, 4) is 0 Å². The molecule has 0 saturated carbocycles. The number of halogens is 1. The molecule has 6 nitrogen and oxygen atoms in total. The molecule has 0 unspecified atom stereocenters. The molecule has 0 spiro atoms. The molecule has 1 amide bonds. The Labute approximate surface area is 154 Å². The summed E-state index contributed by atoms with van der Waals surface area (Å²) in [5, 5.41) is 3.46. The second kappa shape index (κ2) is 7.86. The zero-order valence-corrected chi connectivity index (χ0v) is 15.2. The van der Waals surface area contributed by atoms with Crippen LogP contribution in [-0.4, -0.2) is 45.3 Å². The second-order valence-electron chi connectivity index (χ2n) is 5.35. The predicted octanol–water partition coefficient (Wildman–Crippen LogP) is 3.28. The molecule has 1 aliphatic heterocycles. The molecule has 25 heavy (non-hydrogen) atoms. The van der Waals surface area contributed by atoms with Crippen LogP contribution < -0.4 is 10.2 Å². The Morgan fingerprint density at radius 1 is 1.20 bits per heavy atom. The highest BCUT2D eigenvalue weighted by Gasteiger charge is 2.20. The average molecular weight is 381 g/mol. The third-order valence-corrected chi connectivity index (χ3v) is 5.15. The fraction of sp³-hybridized carbons (Fsp3) is 0.294. The smallest absolute Gasteiger partial charge is 0.348 e. The van der Waals surface area contributed by atoms with E-state index in [0.29, 0.717) is 46.8 Å². The van der Waals surface area contributed by atoms with E-state index in [4.69, 9.17) is 16.3 Å². The summed E-state index contributed by atoms with van der Waals surface area (Å²) in [5.41, 5.74) is 1.41. The quantitative estimate of drug-likeness (QED) is 0.824. The summed E-state index contributed by atoms with van der Waals surface area (Å²) in [6, 6.07) is 8.57. The maximum absolute atomic E-state index is 12.5. The van der Waals surface area contributed by atoms with E-state index in [1.807, 2.05) is 6.07 Å². The highest BCUT2D eigenvalue weighted by molar-refractivity contribution is 7.16. The van der Waals surface area contributed by atoms with Crippen molar-refractivity contribution in [2.75, 3.05) is 43.6 Å². The number of rotatable bonds is 4. The van der Waals surface area contributed by atoms with Crippen LogP contribution in [0.25, 0.3) is 0 Å². The molecule has 2 aromatic rings. The van der Waals surface area contributed by atoms with E-state index in [1.54, 1.807) is 24.3 Å². The standard InChI is InChI=1S/C17H17ClN2O4S/c1-23-17(22)14-6-5-13(25-14)16(21)19-12-4-2-3-11(18)15(12)20-7-9-24-10-8-20/h2-6H,7-10H2,1H3,(H,19,21). The van der Waals surface area contributed by atoms with Gasteiger partial charge in [-0.2, -0.15) is 0 Å². The minimum Gasteiger partial charge on any atom is -0.465 e. The van der Waals surface area contributed by atoms with E-state index in [2.05, 4.69) is 15.0 Å². The molecule has 3 rings (SSSR count). The Hall–Kier alpha value is -2.09. The first-order chi connectivity index (χ1) is 12.1. The number of morpholine rings is 1. The number of esters is 1. The van der Waals surface area contributed by atoms with Gasteiger partial charge in [-0.3, -0.25) is 4.79 Å². The Kier molecular flexibility index (Phi) is 5.57. The number of carbonyl (C=O) groups excluding carboxylic acids is 2. The van der Waals surface area contributed by atoms with Gasteiger partial charge in [0.25, 0.3) is 5.91 Å². The number of para-hydroxylation sites is 1. The van der Waals surface area contributed by atoms with Gasteiger partial charge in [0, 0.05) is 13.1 Å². The minimum absolute atomic E-state index is 0.295. The van der Waals surface area contributed by atoms with Crippen molar-refractivity contribution in [1.82, 2.24) is 0 Å². The fourth-order valence-corrected chi connectivity index (χ4v) is 3.69. The molecule has 0 atom stereocenters. The summed E-state index contributed by atoms with van der Waals surface area (Å²) in [7, 11) is 1.31. The molecule has 1 aromatic carbocycles. The number of nitrogens with zero attached hydrogens (tertiary/aromatic N) is 1. The number of nitrogens with one attached hydrogen (secondary N) is 1. The first-order valence-electron chi connectivity index (χ1n) is 7.71. The molecule has 132 valence electrons. The number of carbonyl (C=O) groups is 2. The molecule has 0 radical (unpaired) electrons. The normalized spacial score (nSPS) is 14.2. The lowest BCUT2D eigenvalue weighted by atomic mass is 10.2. The molecule has 0 bridgehead atoms. The van der Waals surface area contributed by atoms with E-state index in [1.165, 1.54) is 7.11 Å².